The Balaban J connectivity index is 0.00000225. The monoisotopic (exact) mass is 374 g/mol. The number of fused-ring (bicyclic) bond motifs is 1. The molecule has 0 fully saturated rings. The highest BCUT2D eigenvalue weighted by Gasteiger charge is 2.09. The lowest BCUT2D eigenvalue weighted by molar-refractivity contribution is -0.121. The van der Waals surface area contributed by atoms with Gasteiger partial charge in [0, 0.05) is 23.7 Å². The molecule has 3 nitrogen and oxygen atoms in total. The fourth-order valence-electron chi connectivity index (χ4n) is 2.80. The smallest absolute Gasteiger partial charge is 0.220 e. The third-order valence-electron chi connectivity index (χ3n) is 4.16. The number of hydrogen-bond acceptors (Lipinski definition) is 3. The molecule has 0 bridgehead atoms. The SMILES string of the molecule is Cl.NC(CNC(=O)CCCc1csc2ccccc12)c1ccccc1. The summed E-state index contributed by atoms with van der Waals surface area (Å²) >= 11 is 1.77. The Labute approximate surface area is 158 Å². The van der Waals surface area contributed by atoms with Crippen molar-refractivity contribution in [1.29, 1.82) is 0 Å². The van der Waals surface area contributed by atoms with Crippen LogP contribution in [0.1, 0.15) is 30.0 Å². The quantitative estimate of drug-likeness (QED) is 0.641. The van der Waals surface area contributed by atoms with Crippen LogP contribution in [0.25, 0.3) is 10.1 Å². The topological polar surface area (TPSA) is 55.1 Å². The van der Waals surface area contributed by atoms with Crippen molar-refractivity contribution in [3.63, 3.8) is 0 Å². The first-order valence-electron chi connectivity index (χ1n) is 8.26. The Morgan fingerprint density at radius 2 is 1.80 bits per heavy atom. The van der Waals surface area contributed by atoms with Crippen LogP contribution in [0.15, 0.2) is 60.0 Å². The number of rotatable bonds is 7. The van der Waals surface area contributed by atoms with E-state index in [0.29, 0.717) is 13.0 Å². The van der Waals surface area contributed by atoms with Gasteiger partial charge in [-0.1, -0.05) is 48.5 Å². The predicted octanol–water partition coefficient (Wildman–Crippen LogP) is 4.46. The number of halogens is 1. The summed E-state index contributed by atoms with van der Waals surface area (Å²) in [6.45, 7) is 0.476. The molecule has 1 amide bonds. The van der Waals surface area contributed by atoms with Gasteiger partial charge in [0.15, 0.2) is 0 Å². The van der Waals surface area contributed by atoms with Crippen molar-refractivity contribution >= 4 is 39.7 Å². The second kappa shape index (κ2) is 9.56. The molecule has 1 heterocycles. The summed E-state index contributed by atoms with van der Waals surface area (Å²) in [7, 11) is 0. The molecule has 0 aliphatic heterocycles. The maximum absolute atomic E-state index is 12.0. The van der Waals surface area contributed by atoms with Gasteiger partial charge >= 0.3 is 0 Å². The van der Waals surface area contributed by atoms with E-state index in [2.05, 4.69) is 35.0 Å². The van der Waals surface area contributed by atoms with Gasteiger partial charge in [-0.15, -0.1) is 23.7 Å². The number of nitrogens with one attached hydrogen (secondary N) is 1. The van der Waals surface area contributed by atoms with Gasteiger partial charge in [-0.2, -0.15) is 0 Å². The number of nitrogens with two attached hydrogens (primary N) is 1. The first kappa shape index (κ1) is 19.4. The maximum Gasteiger partial charge on any atom is 0.220 e. The van der Waals surface area contributed by atoms with Crippen molar-refractivity contribution in [2.24, 2.45) is 5.73 Å². The van der Waals surface area contributed by atoms with Gasteiger partial charge in [-0.05, 0) is 40.8 Å². The van der Waals surface area contributed by atoms with Crippen LogP contribution < -0.4 is 11.1 Å². The van der Waals surface area contributed by atoms with E-state index < -0.39 is 0 Å². The van der Waals surface area contributed by atoms with Gasteiger partial charge in [0.1, 0.15) is 0 Å². The molecule has 0 radical (unpaired) electrons. The lowest BCUT2D eigenvalue weighted by Crippen LogP contribution is -2.31. The Morgan fingerprint density at radius 3 is 2.60 bits per heavy atom. The minimum Gasteiger partial charge on any atom is -0.354 e. The molecule has 0 spiro atoms. The average Bonchev–Trinajstić information content (AvgIpc) is 3.04. The number of thiophene rings is 1. The molecule has 0 aliphatic rings. The zero-order valence-corrected chi connectivity index (χ0v) is 15.6. The molecular formula is C20H23ClN2OS. The van der Waals surface area contributed by atoms with E-state index in [-0.39, 0.29) is 24.4 Å². The van der Waals surface area contributed by atoms with Crippen LogP contribution >= 0.6 is 23.7 Å². The number of carbonyl (C=O) groups is 1. The van der Waals surface area contributed by atoms with Gasteiger partial charge in [-0.3, -0.25) is 4.79 Å². The van der Waals surface area contributed by atoms with Crippen LogP contribution in [-0.4, -0.2) is 12.5 Å². The van der Waals surface area contributed by atoms with Crippen molar-refractivity contribution in [3.05, 3.63) is 71.1 Å². The summed E-state index contributed by atoms with van der Waals surface area (Å²) < 4.78 is 1.31. The molecule has 132 valence electrons. The summed E-state index contributed by atoms with van der Waals surface area (Å²) in [6.07, 6.45) is 2.32. The first-order chi connectivity index (χ1) is 11.7. The molecule has 3 aromatic rings. The van der Waals surface area contributed by atoms with E-state index in [4.69, 9.17) is 5.73 Å². The van der Waals surface area contributed by atoms with Gasteiger partial charge in [-0.25, -0.2) is 0 Å². The number of benzene rings is 2. The third kappa shape index (κ3) is 5.30. The molecule has 0 saturated carbocycles. The minimum atomic E-state index is -0.157. The zero-order chi connectivity index (χ0) is 16.8. The number of aryl methyl sites for hydroxylation is 1. The van der Waals surface area contributed by atoms with Gasteiger partial charge in [0.05, 0.1) is 0 Å². The Morgan fingerprint density at radius 1 is 1.08 bits per heavy atom. The normalized spacial score (nSPS) is 11.7. The number of amides is 1. The lowest BCUT2D eigenvalue weighted by Gasteiger charge is -2.13. The highest BCUT2D eigenvalue weighted by Crippen LogP contribution is 2.26. The molecule has 3 rings (SSSR count). The second-order valence-electron chi connectivity index (χ2n) is 5.93. The molecule has 1 aromatic heterocycles. The zero-order valence-electron chi connectivity index (χ0n) is 14.0. The molecule has 2 aromatic carbocycles. The Hall–Kier alpha value is -1.88. The standard InChI is InChI=1S/C20H22N2OS.ClH/c21-18(15-7-2-1-3-8-15)13-22-20(23)12-6-9-16-14-24-19-11-5-4-10-17(16)19;/h1-5,7-8,10-11,14,18H,6,9,12-13,21H2,(H,22,23);1H. The molecular weight excluding hydrogens is 352 g/mol. The van der Waals surface area contributed by atoms with Crippen LogP contribution in [0.2, 0.25) is 0 Å². The minimum absolute atomic E-state index is 0. The summed E-state index contributed by atoms with van der Waals surface area (Å²) in [5.41, 5.74) is 8.48. The van der Waals surface area contributed by atoms with E-state index in [9.17, 15) is 4.79 Å². The Bertz CT molecular complexity index is 804. The Kier molecular flexibility index (Phi) is 7.44. The maximum atomic E-state index is 12.0. The molecule has 0 aliphatic carbocycles. The molecule has 5 heteroatoms. The van der Waals surface area contributed by atoms with E-state index in [1.54, 1.807) is 11.3 Å². The van der Waals surface area contributed by atoms with Crippen molar-refractivity contribution in [3.8, 4) is 0 Å². The summed E-state index contributed by atoms with van der Waals surface area (Å²) in [5, 5.41) is 6.45. The molecule has 1 unspecified atom stereocenters. The van der Waals surface area contributed by atoms with Gasteiger partial charge < -0.3 is 11.1 Å². The highest BCUT2D eigenvalue weighted by molar-refractivity contribution is 7.17. The fraction of sp³-hybridized carbons (Fsp3) is 0.250. The number of hydrogen-bond donors (Lipinski definition) is 2. The fourth-order valence-corrected chi connectivity index (χ4v) is 3.79. The summed E-state index contributed by atoms with van der Waals surface area (Å²) in [6, 6.07) is 18.1. The predicted molar refractivity (Wildman–Crippen MR) is 108 cm³/mol. The van der Waals surface area contributed by atoms with E-state index in [0.717, 1.165) is 18.4 Å². The van der Waals surface area contributed by atoms with Gasteiger partial charge in [0.25, 0.3) is 0 Å². The van der Waals surface area contributed by atoms with E-state index in [1.165, 1.54) is 15.6 Å². The first-order valence-corrected chi connectivity index (χ1v) is 9.14. The van der Waals surface area contributed by atoms with Crippen LogP contribution in [0.4, 0.5) is 0 Å². The molecule has 0 saturated heterocycles. The molecule has 25 heavy (non-hydrogen) atoms. The third-order valence-corrected chi connectivity index (χ3v) is 5.17. The van der Waals surface area contributed by atoms with Crippen molar-refractivity contribution in [2.75, 3.05) is 6.54 Å². The number of carbonyl (C=O) groups excluding carboxylic acids is 1. The van der Waals surface area contributed by atoms with Crippen molar-refractivity contribution < 1.29 is 4.79 Å². The van der Waals surface area contributed by atoms with E-state index in [1.807, 2.05) is 30.3 Å². The highest BCUT2D eigenvalue weighted by atomic mass is 35.5. The van der Waals surface area contributed by atoms with E-state index >= 15 is 0 Å². The van der Waals surface area contributed by atoms with Crippen LogP contribution in [0.3, 0.4) is 0 Å². The second-order valence-corrected chi connectivity index (χ2v) is 6.84. The van der Waals surface area contributed by atoms with Crippen LogP contribution in [-0.2, 0) is 11.2 Å². The average molecular weight is 375 g/mol. The summed E-state index contributed by atoms with van der Waals surface area (Å²) in [5.74, 6) is 0.0703. The molecule has 1 atom stereocenters. The van der Waals surface area contributed by atoms with Crippen LogP contribution in [0.5, 0.6) is 0 Å². The van der Waals surface area contributed by atoms with Crippen LogP contribution in [0, 0.1) is 0 Å². The largest absolute Gasteiger partial charge is 0.354 e. The van der Waals surface area contributed by atoms with Crippen molar-refractivity contribution in [1.82, 2.24) is 5.32 Å². The molecule has 3 N–H and O–H groups in total. The summed E-state index contributed by atoms with van der Waals surface area (Å²) in [4.78, 5) is 12.0. The van der Waals surface area contributed by atoms with Crippen molar-refractivity contribution in [2.45, 2.75) is 25.3 Å². The van der Waals surface area contributed by atoms with Gasteiger partial charge in [0.2, 0.25) is 5.91 Å². The lowest BCUT2D eigenvalue weighted by atomic mass is 10.1.